The molecule has 204 valence electrons. The number of hydrogen-bond donors (Lipinski definition) is 4. The van der Waals surface area contributed by atoms with Gasteiger partial charge in [0.05, 0.1) is 6.04 Å². The number of carbonyl (C=O) groups is 3. The van der Waals surface area contributed by atoms with Gasteiger partial charge in [0.25, 0.3) is 0 Å². The number of nitrogens with two attached hydrogens (primary N) is 1. The fraction of sp³-hybridized carbons (Fsp3) is 0.464. The lowest BCUT2D eigenvalue weighted by atomic mass is 10.0. The minimum absolute atomic E-state index is 0. The average Bonchev–Trinajstić information content (AvgIpc) is 2.84. The highest BCUT2D eigenvalue weighted by atomic mass is 35.5. The summed E-state index contributed by atoms with van der Waals surface area (Å²) in [6.45, 7) is 6.64. The first-order valence-corrected chi connectivity index (χ1v) is 12.5. The van der Waals surface area contributed by atoms with Crippen LogP contribution in [0, 0.1) is 5.92 Å². The molecule has 0 aromatic heterocycles. The molecular formula is C28H41ClN4O4. The Morgan fingerprint density at radius 1 is 1.00 bits per heavy atom. The van der Waals surface area contributed by atoms with Crippen LogP contribution in [0.4, 0.5) is 5.69 Å². The fourth-order valence-corrected chi connectivity index (χ4v) is 3.66. The summed E-state index contributed by atoms with van der Waals surface area (Å²) in [6.07, 6.45) is 3.04. The van der Waals surface area contributed by atoms with Crippen LogP contribution in [0.15, 0.2) is 48.5 Å². The Labute approximate surface area is 226 Å². The third-order valence-electron chi connectivity index (χ3n) is 6.06. The number of nitrogens with one attached hydrogen (secondary N) is 2. The molecular weight excluding hydrogens is 492 g/mol. The molecule has 0 radical (unpaired) electrons. The number of phenols is 1. The first-order valence-electron chi connectivity index (χ1n) is 12.5. The Hall–Kier alpha value is -3.10. The molecule has 0 bridgehead atoms. The van der Waals surface area contributed by atoms with Crippen LogP contribution in [0.25, 0.3) is 0 Å². The van der Waals surface area contributed by atoms with Crippen molar-refractivity contribution in [1.82, 2.24) is 10.2 Å². The van der Waals surface area contributed by atoms with Crippen molar-refractivity contribution in [3.05, 3.63) is 59.7 Å². The molecule has 0 aliphatic rings. The van der Waals surface area contributed by atoms with Crippen molar-refractivity contribution in [1.29, 1.82) is 0 Å². The number of rotatable bonds is 13. The van der Waals surface area contributed by atoms with Gasteiger partial charge in [-0.05, 0) is 67.9 Å². The van der Waals surface area contributed by atoms with E-state index in [4.69, 9.17) is 5.73 Å². The van der Waals surface area contributed by atoms with E-state index in [1.54, 1.807) is 24.0 Å². The number of hydrogen-bond acceptors (Lipinski definition) is 5. The first-order chi connectivity index (χ1) is 17.1. The van der Waals surface area contributed by atoms with Gasteiger partial charge in [0.15, 0.2) is 0 Å². The van der Waals surface area contributed by atoms with Crippen LogP contribution in [0.2, 0.25) is 0 Å². The minimum atomic E-state index is -0.826. The molecule has 2 atom stereocenters. The highest BCUT2D eigenvalue weighted by molar-refractivity contribution is 5.98. The fourth-order valence-electron chi connectivity index (χ4n) is 3.66. The van der Waals surface area contributed by atoms with Gasteiger partial charge >= 0.3 is 0 Å². The smallest absolute Gasteiger partial charge is 0.246 e. The molecule has 5 N–H and O–H groups in total. The largest absolute Gasteiger partial charge is 0.508 e. The van der Waals surface area contributed by atoms with Crippen molar-refractivity contribution in [2.75, 3.05) is 18.9 Å². The number of nitrogens with zero attached hydrogens (tertiary/aromatic N) is 1. The number of carbonyl (C=O) groups excluding carboxylic acids is 3. The number of amides is 3. The SMILES string of the molecule is CC(C)CCN(C)C(=O)CCCc1ccccc1NC(=O)[C@@H](C)NC(=O)[C@@H](N)Cc1ccc(O)cc1.Cl. The zero-order chi connectivity index (χ0) is 26.7. The van der Waals surface area contributed by atoms with Crippen LogP contribution in [-0.2, 0) is 27.2 Å². The monoisotopic (exact) mass is 532 g/mol. The summed E-state index contributed by atoms with van der Waals surface area (Å²) in [6, 6.07) is 12.3. The van der Waals surface area contributed by atoms with E-state index in [1.807, 2.05) is 31.3 Å². The Bertz CT molecular complexity index is 1010. The zero-order valence-electron chi connectivity index (χ0n) is 22.2. The average molecular weight is 533 g/mol. The molecule has 0 saturated carbocycles. The van der Waals surface area contributed by atoms with Crippen LogP contribution >= 0.6 is 12.4 Å². The van der Waals surface area contributed by atoms with Gasteiger partial charge < -0.3 is 26.4 Å². The topological polar surface area (TPSA) is 125 Å². The molecule has 2 rings (SSSR count). The summed E-state index contributed by atoms with van der Waals surface area (Å²) in [5.41, 5.74) is 8.42. The van der Waals surface area contributed by atoms with E-state index in [0.717, 1.165) is 24.1 Å². The van der Waals surface area contributed by atoms with E-state index in [0.29, 0.717) is 30.9 Å². The van der Waals surface area contributed by atoms with Gasteiger partial charge in [0.1, 0.15) is 11.8 Å². The van der Waals surface area contributed by atoms with Crippen molar-refractivity contribution >= 4 is 35.8 Å². The first kappa shape index (κ1) is 31.9. The lowest BCUT2D eigenvalue weighted by Gasteiger charge is -2.19. The molecule has 0 unspecified atom stereocenters. The van der Waals surface area contributed by atoms with Gasteiger partial charge in [0.2, 0.25) is 17.7 Å². The van der Waals surface area contributed by atoms with Crippen molar-refractivity contribution in [2.45, 2.75) is 65.0 Å². The lowest BCUT2D eigenvalue weighted by molar-refractivity contribution is -0.130. The third kappa shape index (κ3) is 11.2. The van der Waals surface area contributed by atoms with Gasteiger partial charge in [-0.3, -0.25) is 14.4 Å². The van der Waals surface area contributed by atoms with E-state index in [1.165, 1.54) is 12.1 Å². The highest BCUT2D eigenvalue weighted by Gasteiger charge is 2.21. The van der Waals surface area contributed by atoms with Crippen molar-refractivity contribution in [3.63, 3.8) is 0 Å². The molecule has 37 heavy (non-hydrogen) atoms. The van der Waals surface area contributed by atoms with Crippen LogP contribution < -0.4 is 16.4 Å². The molecule has 2 aromatic rings. The summed E-state index contributed by atoms with van der Waals surface area (Å²) in [7, 11) is 1.84. The molecule has 0 heterocycles. The third-order valence-corrected chi connectivity index (χ3v) is 6.06. The molecule has 0 saturated heterocycles. The standard InChI is InChI=1S/C28H40N4O4.ClH/c1-19(2)16-17-32(4)26(34)11-7-9-22-8-5-6-10-25(22)31-27(35)20(3)30-28(36)24(29)18-21-12-14-23(33)15-13-21;/h5-6,8,10,12-15,19-20,24,33H,7,9,11,16-18,29H2,1-4H3,(H,30,36)(H,31,35);1H/t20-,24+;/m1./s1. The molecule has 2 aromatic carbocycles. The molecule has 9 heteroatoms. The second-order valence-corrected chi connectivity index (χ2v) is 9.71. The van der Waals surface area contributed by atoms with Crippen molar-refractivity contribution in [3.8, 4) is 5.75 Å². The van der Waals surface area contributed by atoms with E-state index >= 15 is 0 Å². The number of aryl methyl sites for hydroxylation is 1. The second kappa shape index (κ2) is 15.9. The number of aromatic hydroxyl groups is 1. The van der Waals surface area contributed by atoms with E-state index in [-0.39, 0.29) is 36.4 Å². The van der Waals surface area contributed by atoms with Gasteiger partial charge in [0, 0.05) is 25.7 Å². The number of para-hydroxylation sites is 1. The van der Waals surface area contributed by atoms with Crippen LogP contribution in [-0.4, -0.2) is 53.4 Å². The Kier molecular flexibility index (Phi) is 13.7. The molecule has 0 fully saturated rings. The van der Waals surface area contributed by atoms with Gasteiger partial charge in [-0.25, -0.2) is 0 Å². The van der Waals surface area contributed by atoms with Crippen molar-refractivity contribution in [2.24, 2.45) is 11.7 Å². The molecule has 0 aliphatic carbocycles. The Morgan fingerprint density at radius 2 is 1.65 bits per heavy atom. The van der Waals surface area contributed by atoms with Crippen LogP contribution in [0.3, 0.4) is 0 Å². The minimum Gasteiger partial charge on any atom is -0.508 e. The number of benzene rings is 2. The number of phenolic OH excluding ortho intramolecular Hbond substituents is 1. The Balaban J connectivity index is 0.00000684. The predicted molar refractivity (Wildman–Crippen MR) is 150 cm³/mol. The summed E-state index contributed by atoms with van der Waals surface area (Å²) < 4.78 is 0. The summed E-state index contributed by atoms with van der Waals surface area (Å²) in [4.78, 5) is 39.4. The summed E-state index contributed by atoms with van der Waals surface area (Å²) in [5.74, 6) is 0.0363. The molecule has 3 amide bonds. The van der Waals surface area contributed by atoms with Gasteiger partial charge in [-0.15, -0.1) is 12.4 Å². The molecule has 8 nitrogen and oxygen atoms in total. The molecule has 0 aliphatic heterocycles. The van der Waals surface area contributed by atoms with E-state index < -0.39 is 18.0 Å². The molecule has 0 spiro atoms. The number of halogens is 1. The Morgan fingerprint density at radius 3 is 2.30 bits per heavy atom. The normalized spacial score (nSPS) is 12.3. The maximum atomic E-state index is 12.8. The summed E-state index contributed by atoms with van der Waals surface area (Å²) >= 11 is 0. The van der Waals surface area contributed by atoms with Gasteiger partial charge in [-0.2, -0.15) is 0 Å². The highest BCUT2D eigenvalue weighted by Crippen LogP contribution is 2.18. The van der Waals surface area contributed by atoms with Gasteiger partial charge in [-0.1, -0.05) is 44.2 Å². The second-order valence-electron chi connectivity index (χ2n) is 9.71. The summed E-state index contributed by atoms with van der Waals surface area (Å²) in [5, 5.41) is 14.9. The van der Waals surface area contributed by atoms with Crippen molar-refractivity contribution < 1.29 is 19.5 Å². The maximum absolute atomic E-state index is 12.8. The van der Waals surface area contributed by atoms with Crippen LogP contribution in [0.5, 0.6) is 5.75 Å². The van der Waals surface area contributed by atoms with E-state index in [9.17, 15) is 19.5 Å². The zero-order valence-corrected chi connectivity index (χ0v) is 23.0. The van der Waals surface area contributed by atoms with Crippen LogP contribution in [0.1, 0.15) is 51.2 Å². The quantitative estimate of drug-likeness (QED) is 0.313. The number of anilines is 1. The predicted octanol–water partition coefficient (Wildman–Crippen LogP) is 3.65. The van der Waals surface area contributed by atoms with E-state index in [2.05, 4.69) is 24.5 Å². The lowest BCUT2D eigenvalue weighted by Crippen LogP contribution is -2.49. The maximum Gasteiger partial charge on any atom is 0.246 e.